The van der Waals surface area contributed by atoms with E-state index < -0.39 is 24.0 Å². The molecule has 36 heavy (non-hydrogen) atoms. The Morgan fingerprint density at radius 2 is 1.81 bits per heavy atom. The number of methoxy groups -OCH3 is 1. The summed E-state index contributed by atoms with van der Waals surface area (Å²) in [6.07, 6.45) is 1.32. The summed E-state index contributed by atoms with van der Waals surface area (Å²) < 4.78 is 10.8. The third kappa shape index (κ3) is 6.77. The van der Waals surface area contributed by atoms with Crippen LogP contribution in [0.2, 0.25) is 0 Å². The quantitative estimate of drug-likeness (QED) is 0.259. The van der Waals surface area contributed by atoms with E-state index in [2.05, 4.69) is 10.6 Å². The molecule has 0 saturated heterocycles. The van der Waals surface area contributed by atoms with Crippen LogP contribution in [0.4, 0.5) is 21.9 Å². The zero-order valence-electron chi connectivity index (χ0n) is 19.8. The molecular weight excluding hydrogens is 460 g/mol. The number of nitrogens with two attached hydrogens (primary N) is 1. The molecular formula is C27H26N4O5. The number of nitriles is 1. The Kier molecular flexibility index (Phi) is 8.51. The summed E-state index contributed by atoms with van der Waals surface area (Å²) in [5.41, 5.74) is 8.17. The van der Waals surface area contributed by atoms with Gasteiger partial charge in [-0.15, -0.1) is 0 Å². The van der Waals surface area contributed by atoms with Crippen LogP contribution in [0.3, 0.4) is 0 Å². The fourth-order valence-electron chi connectivity index (χ4n) is 3.38. The van der Waals surface area contributed by atoms with Crippen molar-refractivity contribution in [3.63, 3.8) is 0 Å². The monoisotopic (exact) mass is 486 g/mol. The van der Waals surface area contributed by atoms with Gasteiger partial charge in [0, 0.05) is 11.6 Å². The van der Waals surface area contributed by atoms with Gasteiger partial charge in [0.25, 0.3) is 0 Å². The van der Waals surface area contributed by atoms with Crippen LogP contribution >= 0.6 is 0 Å². The maximum atomic E-state index is 12.7. The van der Waals surface area contributed by atoms with Crippen molar-refractivity contribution in [2.24, 2.45) is 5.92 Å². The van der Waals surface area contributed by atoms with E-state index in [1.807, 2.05) is 6.07 Å². The second-order valence-corrected chi connectivity index (χ2v) is 7.87. The fraction of sp³-hybridized carbons (Fsp3) is 0.148. The molecule has 0 aliphatic heterocycles. The number of carbonyl (C=O) groups is 2. The highest BCUT2D eigenvalue weighted by Gasteiger charge is 2.24. The van der Waals surface area contributed by atoms with Crippen molar-refractivity contribution in [2.75, 3.05) is 23.5 Å². The van der Waals surface area contributed by atoms with Crippen LogP contribution in [0.1, 0.15) is 24.2 Å². The van der Waals surface area contributed by atoms with E-state index in [1.54, 1.807) is 73.7 Å². The van der Waals surface area contributed by atoms with E-state index in [1.165, 1.54) is 19.3 Å². The Hall–Kier alpha value is -4.97. The van der Waals surface area contributed by atoms with Crippen molar-refractivity contribution in [3.05, 3.63) is 90.0 Å². The minimum absolute atomic E-state index is 0.121. The average molecular weight is 487 g/mol. The molecule has 0 radical (unpaired) electrons. The van der Waals surface area contributed by atoms with Crippen LogP contribution < -0.4 is 21.1 Å². The summed E-state index contributed by atoms with van der Waals surface area (Å²) in [6.45, 7) is 1.77. The molecule has 9 nitrogen and oxygen atoms in total. The van der Waals surface area contributed by atoms with Crippen LogP contribution in [-0.2, 0) is 9.53 Å². The molecule has 0 aliphatic carbocycles. The Labute approximate surface area is 208 Å². The standard InChI is InChI=1S/C27H26N4O5/c1-17(7-14-25(33)31-22-6-4-3-5-21(22)29)26(19-10-13-24(35-2)23(32)15-19)36-27(34)30-20-11-8-18(16-28)9-12-20/h3-15,17,26,32H,29H2,1-2H3,(H,30,34)(H,31,33)/b14-7+/t17-,26+/m1/s1. The molecule has 3 aromatic rings. The summed E-state index contributed by atoms with van der Waals surface area (Å²) in [5.74, 6) is -0.728. The molecule has 0 bridgehead atoms. The number of phenolic OH excluding ortho intramolecular Hbond substituents is 1. The molecule has 0 saturated carbocycles. The van der Waals surface area contributed by atoms with E-state index in [4.69, 9.17) is 20.5 Å². The maximum Gasteiger partial charge on any atom is 0.412 e. The van der Waals surface area contributed by atoms with Crippen LogP contribution in [0.5, 0.6) is 11.5 Å². The van der Waals surface area contributed by atoms with Gasteiger partial charge < -0.3 is 25.6 Å². The number of hydrogen-bond acceptors (Lipinski definition) is 7. The topological polar surface area (TPSA) is 147 Å². The summed E-state index contributed by atoms with van der Waals surface area (Å²) >= 11 is 0. The molecule has 0 aromatic heterocycles. The number of nitrogens with zero attached hydrogens (tertiary/aromatic N) is 1. The number of benzene rings is 3. The van der Waals surface area contributed by atoms with Gasteiger partial charge in [0.1, 0.15) is 6.10 Å². The van der Waals surface area contributed by atoms with E-state index >= 15 is 0 Å². The van der Waals surface area contributed by atoms with Crippen molar-refractivity contribution in [1.29, 1.82) is 5.26 Å². The average Bonchev–Trinajstić information content (AvgIpc) is 2.87. The summed E-state index contributed by atoms with van der Waals surface area (Å²) in [7, 11) is 1.43. The van der Waals surface area contributed by atoms with Gasteiger partial charge in [0.2, 0.25) is 5.91 Å². The molecule has 3 aromatic carbocycles. The first-order valence-electron chi connectivity index (χ1n) is 11.0. The molecule has 9 heteroatoms. The third-order valence-corrected chi connectivity index (χ3v) is 5.27. The molecule has 0 spiro atoms. The summed E-state index contributed by atoms with van der Waals surface area (Å²) in [4.78, 5) is 25.1. The van der Waals surface area contributed by atoms with Crippen LogP contribution in [-0.4, -0.2) is 24.2 Å². The molecule has 3 rings (SSSR count). The van der Waals surface area contributed by atoms with Crippen molar-refractivity contribution in [1.82, 2.24) is 0 Å². The number of nitrogens with one attached hydrogen (secondary N) is 2. The number of amides is 2. The molecule has 0 heterocycles. The van der Waals surface area contributed by atoms with E-state index in [9.17, 15) is 14.7 Å². The Morgan fingerprint density at radius 1 is 1.08 bits per heavy atom. The van der Waals surface area contributed by atoms with E-state index in [0.717, 1.165) is 0 Å². The highest BCUT2D eigenvalue weighted by atomic mass is 16.6. The summed E-state index contributed by atoms with van der Waals surface area (Å²) in [6, 6.07) is 19.8. The zero-order chi connectivity index (χ0) is 26.1. The number of phenols is 1. The van der Waals surface area contributed by atoms with Gasteiger partial charge in [-0.3, -0.25) is 10.1 Å². The molecule has 0 unspecified atom stereocenters. The summed E-state index contributed by atoms with van der Waals surface area (Å²) in [5, 5.41) is 24.5. The highest BCUT2D eigenvalue weighted by molar-refractivity contribution is 6.01. The molecule has 5 N–H and O–H groups in total. The lowest BCUT2D eigenvalue weighted by atomic mass is 9.96. The van der Waals surface area contributed by atoms with Gasteiger partial charge in [-0.25, -0.2) is 4.79 Å². The van der Waals surface area contributed by atoms with Gasteiger partial charge >= 0.3 is 6.09 Å². The van der Waals surface area contributed by atoms with Crippen molar-refractivity contribution >= 4 is 29.1 Å². The second-order valence-electron chi connectivity index (χ2n) is 7.87. The number of ether oxygens (including phenoxy) is 2. The van der Waals surface area contributed by atoms with Gasteiger partial charge in [-0.2, -0.15) is 5.26 Å². The zero-order valence-corrected chi connectivity index (χ0v) is 19.8. The van der Waals surface area contributed by atoms with Crippen LogP contribution in [0.25, 0.3) is 0 Å². The van der Waals surface area contributed by atoms with Crippen LogP contribution in [0, 0.1) is 17.2 Å². The Bertz CT molecular complexity index is 1300. The lowest BCUT2D eigenvalue weighted by molar-refractivity contribution is -0.111. The van der Waals surface area contributed by atoms with E-state index in [-0.39, 0.29) is 11.5 Å². The molecule has 0 aliphatic rings. The number of carbonyl (C=O) groups excluding carboxylic acids is 2. The lowest BCUT2D eigenvalue weighted by Crippen LogP contribution is -2.21. The number of aromatic hydroxyl groups is 1. The molecule has 2 amide bonds. The number of para-hydroxylation sites is 2. The number of hydrogen-bond donors (Lipinski definition) is 4. The van der Waals surface area contributed by atoms with Gasteiger partial charge in [0.05, 0.1) is 30.1 Å². The smallest absolute Gasteiger partial charge is 0.412 e. The molecule has 184 valence electrons. The van der Waals surface area contributed by atoms with Crippen molar-refractivity contribution in [2.45, 2.75) is 13.0 Å². The second kappa shape index (κ2) is 11.9. The fourth-order valence-corrected chi connectivity index (χ4v) is 3.38. The first-order valence-corrected chi connectivity index (χ1v) is 11.0. The van der Waals surface area contributed by atoms with Gasteiger partial charge in [0.15, 0.2) is 11.5 Å². The predicted molar refractivity (Wildman–Crippen MR) is 136 cm³/mol. The first kappa shape index (κ1) is 25.6. The SMILES string of the molecule is COc1ccc([C@@H](OC(=O)Nc2ccc(C#N)cc2)[C@H](C)/C=C/C(=O)Nc2ccccc2N)cc1O. The van der Waals surface area contributed by atoms with Crippen molar-refractivity contribution in [3.8, 4) is 17.6 Å². The Balaban J connectivity index is 1.78. The Morgan fingerprint density at radius 3 is 2.44 bits per heavy atom. The largest absolute Gasteiger partial charge is 0.504 e. The normalized spacial score (nSPS) is 12.2. The highest BCUT2D eigenvalue weighted by Crippen LogP contribution is 2.34. The van der Waals surface area contributed by atoms with Crippen LogP contribution in [0.15, 0.2) is 78.9 Å². The minimum Gasteiger partial charge on any atom is -0.504 e. The number of nitrogen functional groups attached to an aromatic ring is 1. The molecule has 0 fully saturated rings. The van der Waals surface area contributed by atoms with Gasteiger partial charge in [-0.1, -0.05) is 31.2 Å². The lowest BCUT2D eigenvalue weighted by Gasteiger charge is -2.23. The minimum atomic E-state index is -0.856. The van der Waals surface area contributed by atoms with E-state index in [0.29, 0.717) is 28.2 Å². The maximum absolute atomic E-state index is 12.7. The number of rotatable bonds is 8. The first-order chi connectivity index (χ1) is 17.3. The van der Waals surface area contributed by atoms with Crippen molar-refractivity contribution < 1.29 is 24.2 Å². The third-order valence-electron chi connectivity index (χ3n) is 5.27. The predicted octanol–water partition coefficient (Wildman–Crippen LogP) is 4.98. The molecule has 2 atom stereocenters. The number of anilines is 3. The van der Waals surface area contributed by atoms with Gasteiger partial charge in [-0.05, 0) is 60.2 Å².